The maximum atomic E-state index is 13.0. The Morgan fingerprint density at radius 1 is 1.17 bits per heavy atom. The van der Waals surface area contributed by atoms with Gasteiger partial charge in [-0.3, -0.25) is 19.1 Å². The second-order valence-corrected chi connectivity index (χ2v) is 10.1. The van der Waals surface area contributed by atoms with E-state index in [0.717, 1.165) is 41.4 Å². The number of carbonyl (C=O) groups excluding carboxylic acids is 1. The summed E-state index contributed by atoms with van der Waals surface area (Å²) in [6, 6.07) is 3.91. The highest BCUT2D eigenvalue weighted by atomic mass is 16.2. The Balaban J connectivity index is 1.12. The third kappa shape index (κ3) is 6.48. The maximum Gasteiger partial charge on any atom is 0.293 e. The lowest BCUT2D eigenvalue weighted by Gasteiger charge is -2.22. The maximum absolute atomic E-state index is 13.0. The lowest BCUT2D eigenvalue weighted by Crippen LogP contribution is -2.35. The topological polar surface area (TPSA) is 108 Å². The number of hydrogen-bond donors (Lipinski definition) is 3. The summed E-state index contributed by atoms with van der Waals surface area (Å²) in [6.07, 6.45) is 11.7. The minimum Gasteiger partial charge on any atom is -0.365 e. The first-order valence-corrected chi connectivity index (χ1v) is 12.8. The molecule has 186 valence electrons. The van der Waals surface area contributed by atoms with Crippen LogP contribution in [-0.2, 0) is 17.9 Å². The molecule has 0 unspecified atom stereocenters. The molecule has 9 nitrogen and oxygen atoms in total. The monoisotopic (exact) mass is 477 g/mol. The van der Waals surface area contributed by atoms with Crippen LogP contribution < -0.4 is 16.2 Å². The van der Waals surface area contributed by atoms with Gasteiger partial charge in [0.05, 0.1) is 24.0 Å². The Kier molecular flexibility index (Phi) is 7.13. The molecular formula is C26H35N7O2. The average Bonchev–Trinajstić information content (AvgIpc) is 3.79. The van der Waals surface area contributed by atoms with Crippen molar-refractivity contribution in [1.29, 1.82) is 0 Å². The second kappa shape index (κ2) is 10.6. The molecule has 3 aromatic rings. The number of rotatable bonds is 13. The molecule has 0 aliphatic heterocycles. The minimum atomic E-state index is -0.264. The summed E-state index contributed by atoms with van der Waals surface area (Å²) in [6.45, 7) is 6.22. The average molecular weight is 478 g/mol. The van der Waals surface area contributed by atoms with Crippen LogP contribution in [0.2, 0.25) is 0 Å². The highest BCUT2D eigenvalue weighted by Gasteiger charge is 2.28. The van der Waals surface area contributed by atoms with Crippen molar-refractivity contribution in [3.05, 3.63) is 52.5 Å². The van der Waals surface area contributed by atoms with Gasteiger partial charge in [0.1, 0.15) is 6.54 Å². The number of nitrogens with one attached hydrogen (secondary N) is 3. The fourth-order valence-electron chi connectivity index (χ4n) is 4.47. The van der Waals surface area contributed by atoms with Gasteiger partial charge < -0.3 is 20.5 Å². The van der Waals surface area contributed by atoms with Gasteiger partial charge in [0.2, 0.25) is 5.91 Å². The zero-order valence-corrected chi connectivity index (χ0v) is 20.4. The van der Waals surface area contributed by atoms with Crippen LogP contribution in [0.1, 0.15) is 43.5 Å². The molecular weight excluding hydrogens is 442 g/mol. The van der Waals surface area contributed by atoms with E-state index in [0.29, 0.717) is 24.6 Å². The van der Waals surface area contributed by atoms with Crippen molar-refractivity contribution in [1.82, 2.24) is 29.7 Å². The minimum absolute atomic E-state index is 0.0508. The summed E-state index contributed by atoms with van der Waals surface area (Å²) in [7, 11) is 0. The molecule has 2 saturated carbocycles. The highest BCUT2D eigenvalue weighted by Crippen LogP contribution is 2.33. The Hall–Kier alpha value is -3.20. The first-order valence-electron chi connectivity index (χ1n) is 12.8. The lowest BCUT2D eigenvalue weighted by atomic mass is 10.2. The number of fused-ring (bicyclic) bond motifs is 1. The molecule has 3 heterocycles. The van der Waals surface area contributed by atoms with E-state index in [1.165, 1.54) is 43.3 Å². The molecule has 2 fully saturated rings. The van der Waals surface area contributed by atoms with Crippen molar-refractivity contribution in [2.24, 2.45) is 11.8 Å². The van der Waals surface area contributed by atoms with E-state index < -0.39 is 0 Å². The molecule has 3 N–H and O–H groups in total. The van der Waals surface area contributed by atoms with Crippen LogP contribution in [0.25, 0.3) is 10.9 Å². The zero-order chi connectivity index (χ0) is 24.2. The number of anilines is 1. The number of aromatic nitrogens is 4. The Morgan fingerprint density at radius 3 is 2.69 bits per heavy atom. The molecule has 0 radical (unpaired) electrons. The van der Waals surface area contributed by atoms with Crippen LogP contribution in [0.4, 0.5) is 5.82 Å². The Morgan fingerprint density at radius 2 is 1.94 bits per heavy atom. The van der Waals surface area contributed by atoms with Gasteiger partial charge in [-0.2, -0.15) is 0 Å². The molecule has 0 spiro atoms. The van der Waals surface area contributed by atoms with E-state index in [4.69, 9.17) is 0 Å². The van der Waals surface area contributed by atoms with E-state index in [1.54, 1.807) is 19.3 Å². The molecule has 0 bridgehead atoms. The molecule has 0 saturated heterocycles. The van der Waals surface area contributed by atoms with Crippen molar-refractivity contribution < 1.29 is 4.79 Å². The van der Waals surface area contributed by atoms with Crippen molar-refractivity contribution in [3.8, 4) is 0 Å². The number of aromatic amines is 1. The van der Waals surface area contributed by atoms with Gasteiger partial charge >= 0.3 is 0 Å². The summed E-state index contributed by atoms with van der Waals surface area (Å²) < 4.78 is 1.47. The molecule has 1 amide bonds. The van der Waals surface area contributed by atoms with Gasteiger partial charge in [0.25, 0.3) is 5.56 Å². The Labute approximate surface area is 205 Å². The molecule has 0 atom stereocenters. The summed E-state index contributed by atoms with van der Waals surface area (Å²) in [4.78, 5) is 39.9. The number of H-pyrrole nitrogens is 1. The summed E-state index contributed by atoms with van der Waals surface area (Å²) >= 11 is 0. The van der Waals surface area contributed by atoms with E-state index >= 15 is 0 Å². The predicted octanol–water partition coefficient (Wildman–Crippen LogP) is 2.67. The zero-order valence-electron chi connectivity index (χ0n) is 20.4. The van der Waals surface area contributed by atoms with Gasteiger partial charge in [0.15, 0.2) is 5.82 Å². The third-order valence-corrected chi connectivity index (χ3v) is 6.89. The summed E-state index contributed by atoms with van der Waals surface area (Å²) in [5, 5.41) is 7.12. The van der Waals surface area contributed by atoms with Gasteiger partial charge in [-0.1, -0.05) is 0 Å². The molecule has 3 aromatic heterocycles. The predicted molar refractivity (Wildman–Crippen MR) is 136 cm³/mol. The van der Waals surface area contributed by atoms with Crippen LogP contribution in [0.5, 0.6) is 0 Å². The number of pyridine rings is 1. The molecule has 2 aliphatic rings. The van der Waals surface area contributed by atoms with E-state index in [1.807, 2.05) is 18.3 Å². The van der Waals surface area contributed by atoms with Crippen LogP contribution in [0.15, 0.2) is 35.5 Å². The lowest BCUT2D eigenvalue weighted by molar-refractivity contribution is -0.121. The second-order valence-electron chi connectivity index (χ2n) is 10.1. The number of aryl methyl sites for hydroxylation is 1. The largest absolute Gasteiger partial charge is 0.365 e. The molecule has 0 aromatic carbocycles. The number of hydrogen-bond acceptors (Lipinski definition) is 6. The van der Waals surface area contributed by atoms with Crippen molar-refractivity contribution in [2.45, 2.75) is 52.1 Å². The van der Waals surface area contributed by atoms with Crippen LogP contribution in [-0.4, -0.2) is 56.5 Å². The number of nitrogens with zero attached hydrogens (tertiary/aromatic N) is 4. The molecule has 2 aliphatic carbocycles. The van der Waals surface area contributed by atoms with Crippen LogP contribution in [0, 0.1) is 18.8 Å². The van der Waals surface area contributed by atoms with Gasteiger partial charge in [-0.25, -0.2) is 4.98 Å². The number of amides is 1. The SMILES string of the molecule is Cc1cnc(NCCCN(CC2CC2)CC2CC2)c(=O)n1CC(=O)NCc1cc2cc[nH]c2cn1. The first kappa shape index (κ1) is 23.5. The molecule has 9 heteroatoms. The van der Waals surface area contributed by atoms with Crippen LogP contribution >= 0.6 is 0 Å². The van der Waals surface area contributed by atoms with Crippen molar-refractivity contribution in [3.63, 3.8) is 0 Å². The summed E-state index contributed by atoms with van der Waals surface area (Å²) in [5.74, 6) is 1.86. The highest BCUT2D eigenvalue weighted by molar-refractivity contribution is 5.79. The number of carbonyl (C=O) groups is 1. The van der Waals surface area contributed by atoms with Crippen LogP contribution in [0.3, 0.4) is 0 Å². The van der Waals surface area contributed by atoms with E-state index in [2.05, 4.69) is 30.5 Å². The fraction of sp³-hybridized carbons (Fsp3) is 0.538. The third-order valence-electron chi connectivity index (χ3n) is 6.89. The van der Waals surface area contributed by atoms with Gasteiger partial charge in [-0.05, 0) is 69.5 Å². The molecule has 5 rings (SSSR count). The van der Waals surface area contributed by atoms with E-state index in [-0.39, 0.29) is 18.0 Å². The van der Waals surface area contributed by atoms with Crippen molar-refractivity contribution >= 4 is 22.6 Å². The first-order chi connectivity index (χ1) is 17.0. The quantitative estimate of drug-likeness (QED) is 0.327. The smallest absolute Gasteiger partial charge is 0.293 e. The normalized spacial score (nSPS) is 15.6. The van der Waals surface area contributed by atoms with Crippen molar-refractivity contribution in [2.75, 3.05) is 31.5 Å². The summed E-state index contributed by atoms with van der Waals surface area (Å²) in [5.41, 5.74) is 2.11. The van der Waals surface area contributed by atoms with Gasteiger partial charge in [-0.15, -0.1) is 0 Å². The van der Waals surface area contributed by atoms with Gasteiger partial charge in [0, 0.05) is 43.1 Å². The Bertz CT molecular complexity index is 1210. The molecule has 35 heavy (non-hydrogen) atoms. The fourth-order valence-corrected chi connectivity index (χ4v) is 4.47. The standard InChI is InChI=1S/C26H35N7O2/c1-18-12-31-25(28-8-2-10-32(15-19-3-4-19)16-20-5-6-20)26(35)33(18)17-24(34)30-13-22-11-21-7-9-27-23(21)14-29-22/h7,9,11-12,14,19-20,27H,2-6,8,10,13,15-17H2,1H3,(H,28,31)(H,30,34). The van der Waals surface area contributed by atoms with E-state index in [9.17, 15) is 9.59 Å².